The first kappa shape index (κ1) is 19.6. The molecule has 0 saturated carbocycles. The van der Waals surface area contributed by atoms with E-state index in [2.05, 4.69) is 5.32 Å². The molecule has 2 aliphatic rings. The number of fused-ring (bicyclic) bond motifs is 1. The van der Waals surface area contributed by atoms with Crippen molar-refractivity contribution in [3.63, 3.8) is 0 Å². The fraction of sp³-hybridized carbons (Fsp3) is 0.364. The molecule has 7 heteroatoms. The van der Waals surface area contributed by atoms with E-state index in [9.17, 15) is 9.59 Å². The number of anilines is 1. The molecule has 2 aliphatic heterocycles. The van der Waals surface area contributed by atoms with Crippen molar-refractivity contribution in [2.75, 3.05) is 26.1 Å². The van der Waals surface area contributed by atoms with Gasteiger partial charge in [0.25, 0.3) is 5.91 Å². The highest BCUT2D eigenvalue weighted by Crippen LogP contribution is 2.40. The lowest BCUT2D eigenvalue weighted by atomic mass is 10.0. The molecule has 29 heavy (non-hydrogen) atoms. The van der Waals surface area contributed by atoms with Crippen molar-refractivity contribution in [3.05, 3.63) is 47.5 Å². The molecule has 152 valence electrons. The molecule has 0 aromatic heterocycles. The summed E-state index contributed by atoms with van der Waals surface area (Å²) in [5, 5.41) is 2.77. The van der Waals surface area contributed by atoms with Crippen molar-refractivity contribution < 1.29 is 19.1 Å². The van der Waals surface area contributed by atoms with Crippen LogP contribution in [-0.4, -0.2) is 42.7 Å². The molecule has 2 heterocycles. The van der Waals surface area contributed by atoms with E-state index >= 15 is 0 Å². The number of ether oxygens (including phenoxy) is 2. The Balaban J connectivity index is 1.62. The van der Waals surface area contributed by atoms with Gasteiger partial charge in [-0.3, -0.25) is 9.59 Å². The molecule has 1 N–H and O–H groups in total. The number of amides is 2. The fourth-order valence-corrected chi connectivity index (χ4v) is 4.86. The van der Waals surface area contributed by atoms with Gasteiger partial charge in [0.15, 0.2) is 0 Å². The lowest BCUT2D eigenvalue weighted by molar-refractivity contribution is -0.115. The van der Waals surface area contributed by atoms with Crippen LogP contribution in [0.25, 0.3) is 0 Å². The maximum absolute atomic E-state index is 13.3. The maximum atomic E-state index is 13.3. The van der Waals surface area contributed by atoms with Crippen LogP contribution in [0.2, 0.25) is 0 Å². The van der Waals surface area contributed by atoms with Gasteiger partial charge in [-0.05, 0) is 50.1 Å². The Bertz CT molecular complexity index is 962. The van der Waals surface area contributed by atoms with Crippen LogP contribution >= 0.6 is 11.8 Å². The molecular formula is C22H24N2O4S. The Hall–Kier alpha value is -2.67. The minimum Gasteiger partial charge on any atom is -0.497 e. The molecule has 4 rings (SSSR count). The Labute approximate surface area is 174 Å². The standard InChI is InChI=1S/C22H24N2O4S/c1-13-21(25)23-17-11-14(6-9-20(17)29-13)22(26)24-10-4-5-18(24)16-8-7-15(27-2)12-19(16)28-3/h6-9,11-13,18H,4-5,10H2,1-3H3,(H,23,25)/t13-,18-/m1/s1. The third-order valence-electron chi connectivity index (χ3n) is 5.47. The number of methoxy groups -OCH3 is 2. The van der Waals surface area contributed by atoms with Crippen molar-refractivity contribution in [1.82, 2.24) is 4.90 Å². The summed E-state index contributed by atoms with van der Waals surface area (Å²) in [6, 6.07) is 11.2. The lowest BCUT2D eigenvalue weighted by Gasteiger charge is -2.27. The van der Waals surface area contributed by atoms with Crippen LogP contribution in [0.3, 0.4) is 0 Å². The second-order valence-electron chi connectivity index (χ2n) is 7.22. The number of benzene rings is 2. The SMILES string of the molecule is COc1ccc([C@H]2CCCN2C(=O)c2ccc3c(c2)NC(=O)[C@@H](C)S3)c(OC)c1. The largest absolute Gasteiger partial charge is 0.497 e. The number of nitrogens with zero attached hydrogens (tertiary/aromatic N) is 1. The van der Waals surface area contributed by atoms with Gasteiger partial charge in [-0.25, -0.2) is 0 Å². The summed E-state index contributed by atoms with van der Waals surface area (Å²) >= 11 is 1.51. The molecule has 2 aromatic rings. The number of hydrogen-bond acceptors (Lipinski definition) is 5. The monoisotopic (exact) mass is 412 g/mol. The smallest absolute Gasteiger partial charge is 0.254 e. The van der Waals surface area contributed by atoms with Crippen LogP contribution in [0, 0.1) is 0 Å². The molecule has 6 nitrogen and oxygen atoms in total. The topological polar surface area (TPSA) is 67.9 Å². The van der Waals surface area contributed by atoms with Crippen molar-refractivity contribution in [2.45, 2.75) is 36.0 Å². The highest BCUT2D eigenvalue weighted by molar-refractivity contribution is 8.00. The van der Waals surface area contributed by atoms with Gasteiger partial charge >= 0.3 is 0 Å². The normalized spacial score (nSPS) is 20.8. The van der Waals surface area contributed by atoms with E-state index < -0.39 is 0 Å². The number of thioether (sulfide) groups is 1. The third-order valence-corrected chi connectivity index (χ3v) is 6.65. The van der Waals surface area contributed by atoms with E-state index in [4.69, 9.17) is 9.47 Å². The van der Waals surface area contributed by atoms with Crippen molar-refractivity contribution in [2.24, 2.45) is 0 Å². The van der Waals surface area contributed by atoms with Gasteiger partial charge in [0.1, 0.15) is 11.5 Å². The third kappa shape index (κ3) is 3.67. The van der Waals surface area contributed by atoms with Gasteiger partial charge in [0.05, 0.1) is 31.2 Å². The summed E-state index contributed by atoms with van der Waals surface area (Å²) in [6.45, 7) is 2.56. The van der Waals surface area contributed by atoms with Gasteiger partial charge in [0.2, 0.25) is 5.91 Å². The number of nitrogens with one attached hydrogen (secondary N) is 1. The van der Waals surface area contributed by atoms with Crippen molar-refractivity contribution in [3.8, 4) is 11.5 Å². The molecule has 0 radical (unpaired) electrons. The van der Waals surface area contributed by atoms with E-state index in [0.717, 1.165) is 34.8 Å². The molecule has 1 fully saturated rings. The number of rotatable bonds is 4. The van der Waals surface area contributed by atoms with Crippen LogP contribution in [0.1, 0.15) is 41.7 Å². The lowest BCUT2D eigenvalue weighted by Crippen LogP contribution is -2.31. The zero-order valence-electron chi connectivity index (χ0n) is 16.7. The molecular weight excluding hydrogens is 388 g/mol. The summed E-state index contributed by atoms with van der Waals surface area (Å²) in [5.41, 5.74) is 2.27. The minimum atomic E-state index is -0.130. The fourth-order valence-electron chi connectivity index (χ4n) is 3.93. The first-order chi connectivity index (χ1) is 14.0. The minimum absolute atomic E-state index is 0.0332. The summed E-state index contributed by atoms with van der Waals surface area (Å²) in [5.74, 6) is 1.37. The zero-order chi connectivity index (χ0) is 20.5. The predicted molar refractivity (Wildman–Crippen MR) is 113 cm³/mol. The van der Waals surface area contributed by atoms with Crippen LogP contribution < -0.4 is 14.8 Å². The Morgan fingerprint density at radius 1 is 1.17 bits per heavy atom. The van der Waals surface area contributed by atoms with Crippen LogP contribution in [0.4, 0.5) is 5.69 Å². The van der Waals surface area contributed by atoms with Gasteiger partial charge < -0.3 is 19.7 Å². The molecule has 0 spiro atoms. The van der Waals surface area contributed by atoms with E-state index in [1.165, 1.54) is 11.8 Å². The molecule has 2 amide bonds. The number of hydrogen-bond donors (Lipinski definition) is 1. The van der Waals surface area contributed by atoms with E-state index in [1.807, 2.05) is 42.2 Å². The number of carbonyl (C=O) groups excluding carboxylic acids is 2. The Morgan fingerprint density at radius 2 is 2.00 bits per heavy atom. The van der Waals surface area contributed by atoms with Gasteiger partial charge in [0, 0.05) is 28.6 Å². The maximum Gasteiger partial charge on any atom is 0.254 e. The summed E-state index contributed by atoms with van der Waals surface area (Å²) < 4.78 is 10.9. The van der Waals surface area contributed by atoms with Gasteiger partial charge in [-0.2, -0.15) is 0 Å². The molecule has 1 saturated heterocycles. The molecule has 0 unspecified atom stereocenters. The second kappa shape index (κ2) is 7.99. The predicted octanol–water partition coefficient (Wildman–Crippen LogP) is 4.11. The van der Waals surface area contributed by atoms with Crippen LogP contribution in [0.15, 0.2) is 41.3 Å². The number of carbonyl (C=O) groups is 2. The highest BCUT2D eigenvalue weighted by Gasteiger charge is 2.33. The molecule has 2 atom stereocenters. The first-order valence-electron chi connectivity index (χ1n) is 9.66. The van der Waals surface area contributed by atoms with E-state index in [-0.39, 0.29) is 23.1 Å². The Kier molecular flexibility index (Phi) is 5.41. The molecule has 0 bridgehead atoms. The average Bonchev–Trinajstić information content (AvgIpc) is 3.22. The average molecular weight is 413 g/mol. The van der Waals surface area contributed by atoms with E-state index in [1.54, 1.807) is 20.3 Å². The zero-order valence-corrected chi connectivity index (χ0v) is 17.5. The quantitative estimate of drug-likeness (QED) is 0.818. The van der Waals surface area contributed by atoms with Crippen LogP contribution in [-0.2, 0) is 4.79 Å². The van der Waals surface area contributed by atoms with Crippen molar-refractivity contribution >= 4 is 29.3 Å². The van der Waals surface area contributed by atoms with Crippen molar-refractivity contribution in [1.29, 1.82) is 0 Å². The summed E-state index contributed by atoms with van der Waals surface area (Å²) in [7, 11) is 3.25. The first-order valence-corrected chi connectivity index (χ1v) is 10.5. The second-order valence-corrected chi connectivity index (χ2v) is 8.61. The summed E-state index contributed by atoms with van der Waals surface area (Å²) in [6.07, 6.45) is 1.81. The van der Waals surface area contributed by atoms with Crippen LogP contribution in [0.5, 0.6) is 11.5 Å². The van der Waals surface area contributed by atoms with Gasteiger partial charge in [-0.1, -0.05) is 0 Å². The molecule has 2 aromatic carbocycles. The van der Waals surface area contributed by atoms with E-state index in [0.29, 0.717) is 17.8 Å². The summed E-state index contributed by atoms with van der Waals surface area (Å²) in [4.78, 5) is 28.2. The highest BCUT2D eigenvalue weighted by atomic mass is 32.2. The number of likely N-dealkylation sites (tertiary alicyclic amines) is 1. The Morgan fingerprint density at radius 3 is 2.76 bits per heavy atom. The van der Waals surface area contributed by atoms with Gasteiger partial charge in [-0.15, -0.1) is 11.8 Å². The molecule has 0 aliphatic carbocycles.